The maximum absolute atomic E-state index is 11.8. The predicted octanol–water partition coefficient (Wildman–Crippen LogP) is 3.83. The molecule has 1 fully saturated rings. The lowest BCUT2D eigenvalue weighted by molar-refractivity contribution is -0.116. The Morgan fingerprint density at radius 1 is 1.08 bits per heavy atom. The van der Waals surface area contributed by atoms with E-state index in [9.17, 15) is 4.79 Å². The summed E-state index contributed by atoms with van der Waals surface area (Å²) < 4.78 is 0. The van der Waals surface area contributed by atoms with Gasteiger partial charge in [-0.25, -0.2) is 15.0 Å². The standard InChI is InChI=1S/C27H27N7OS/c28-25-17-3-2-10-29-20(17)14-27(25)8-11-34(12-9-27)22-13-19-26(33-22)30-15-24(32-19)36-21-5-1-4-18-16(21)6-7-23(35)31-18/h1-5,10,15,25H,6-9,11-14,28H2,(H,31,35)/t25-/m1/s1. The lowest BCUT2D eigenvalue weighted by Gasteiger charge is -2.42. The lowest BCUT2D eigenvalue weighted by atomic mass is 9.73. The Bertz CT molecular complexity index is 1410. The summed E-state index contributed by atoms with van der Waals surface area (Å²) in [7, 11) is 0. The third-order valence-corrected chi connectivity index (χ3v) is 9.16. The fraction of sp³-hybridized carbons (Fsp3) is 0.370. The minimum Gasteiger partial charge on any atom is -0.360 e. The number of amidine groups is 1. The van der Waals surface area contributed by atoms with Gasteiger partial charge in [-0.3, -0.25) is 9.78 Å². The highest BCUT2D eigenvalue weighted by Crippen LogP contribution is 2.50. The van der Waals surface area contributed by atoms with E-state index >= 15 is 0 Å². The summed E-state index contributed by atoms with van der Waals surface area (Å²) in [5.74, 6) is 1.86. The van der Waals surface area contributed by atoms with E-state index in [0.717, 1.165) is 71.7 Å². The molecular formula is C27H27N7OS. The number of nitrogens with one attached hydrogen (secondary N) is 1. The van der Waals surface area contributed by atoms with E-state index in [1.807, 2.05) is 30.6 Å². The Labute approximate surface area is 213 Å². The molecule has 3 aromatic rings. The molecule has 0 saturated carbocycles. The Kier molecular flexibility index (Phi) is 5.11. The zero-order valence-electron chi connectivity index (χ0n) is 19.9. The second-order valence-electron chi connectivity index (χ2n) is 10.2. The number of anilines is 1. The van der Waals surface area contributed by atoms with Gasteiger partial charge in [-0.15, -0.1) is 0 Å². The molecule has 9 heteroatoms. The normalized spacial score (nSPS) is 21.6. The number of carbonyl (C=O) groups is 1. The van der Waals surface area contributed by atoms with Gasteiger partial charge < -0.3 is 16.0 Å². The van der Waals surface area contributed by atoms with Crippen molar-refractivity contribution in [3.05, 3.63) is 65.2 Å². The molecule has 7 rings (SSSR count). The first-order valence-electron chi connectivity index (χ1n) is 12.6. The number of amides is 1. The summed E-state index contributed by atoms with van der Waals surface area (Å²) in [5, 5.41) is 3.83. The van der Waals surface area contributed by atoms with Crippen LogP contribution in [-0.4, -0.2) is 44.7 Å². The van der Waals surface area contributed by atoms with Gasteiger partial charge in [-0.2, -0.15) is 0 Å². The van der Waals surface area contributed by atoms with Gasteiger partial charge in [0.25, 0.3) is 0 Å². The van der Waals surface area contributed by atoms with E-state index in [1.165, 1.54) is 16.8 Å². The molecule has 1 aliphatic carbocycles. The number of aromatic nitrogens is 3. The van der Waals surface area contributed by atoms with Crippen LogP contribution in [0.2, 0.25) is 0 Å². The third-order valence-electron chi connectivity index (χ3n) is 8.15. The molecule has 3 aliphatic heterocycles. The number of nitrogens with two attached hydrogens (primary N) is 1. The molecular weight excluding hydrogens is 470 g/mol. The summed E-state index contributed by atoms with van der Waals surface area (Å²) in [6.07, 6.45) is 8.71. The molecule has 1 saturated heterocycles. The average Bonchev–Trinajstić information content (AvgIpc) is 3.43. The quantitative estimate of drug-likeness (QED) is 0.554. The van der Waals surface area contributed by atoms with Gasteiger partial charge in [-0.1, -0.05) is 23.9 Å². The van der Waals surface area contributed by atoms with Crippen molar-refractivity contribution in [2.45, 2.75) is 54.5 Å². The Morgan fingerprint density at radius 3 is 2.83 bits per heavy atom. The number of carbonyl (C=O) groups excluding carboxylic acids is 1. The number of hydrogen-bond donors (Lipinski definition) is 2. The highest BCUT2D eigenvalue weighted by Gasteiger charge is 2.47. The molecule has 1 spiro atoms. The molecule has 3 N–H and O–H groups in total. The number of aliphatic imine (C=N–C) groups is 1. The number of piperidine rings is 1. The summed E-state index contributed by atoms with van der Waals surface area (Å²) in [5.41, 5.74) is 12.2. The van der Waals surface area contributed by atoms with Crippen molar-refractivity contribution in [1.29, 1.82) is 0 Å². The molecule has 1 atom stereocenters. The number of benzene rings is 1. The van der Waals surface area contributed by atoms with E-state index < -0.39 is 0 Å². The van der Waals surface area contributed by atoms with E-state index in [4.69, 9.17) is 15.7 Å². The van der Waals surface area contributed by atoms with Crippen LogP contribution in [0, 0.1) is 5.41 Å². The Morgan fingerprint density at radius 2 is 1.97 bits per heavy atom. The highest BCUT2D eigenvalue weighted by molar-refractivity contribution is 7.99. The van der Waals surface area contributed by atoms with Gasteiger partial charge in [0, 0.05) is 48.0 Å². The van der Waals surface area contributed by atoms with Crippen molar-refractivity contribution in [1.82, 2.24) is 19.9 Å². The second kappa shape index (κ2) is 8.38. The SMILES string of the molecule is N[C@@H]1c2cccnc2CC12CCN(C1=Nc3ncc(Sc4cccc5c4CCC(=O)N5)nc3C1)CC2. The maximum atomic E-state index is 11.8. The zero-order valence-corrected chi connectivity index (χ0v) is 20.7. The van der Waals surface area contributed by atoms with Crippen molar-refractivity contribution in [3.8, 4) is 0 Å². The number of likely N-dealkylation sites (tertiary alicyclic amines) is 1. The lowest BCUT2D eigenvalue weighted by Crippen LogP contribution is -2.46. The molecule has 5 heterocycles. The second-order valence-corrected chi connectivity index (χ2v) is 11.2. The summed E-state index contributed by atoms with van der Waals surface area (Å²) >= 11 is 1.60. The Balaban J connectivity index is 1.03. The molecule has 4 aliphatic rings. The Hall–Kier alpha value is -3.30. The molecule has 182 valence electrons. The molecule has 2 aromatic heterocycles. The van der Waals surface area contributed by atoms with Gasteiger partial charge in [-0.05, 0) is 60.4 Å². The van der Waals surface area contributed by atoms with Crippen LogP contribution in [-0.2, 0) is 24.1 Å². The number of rotatable bonds is 2. The van der Waals surface area contributed by atoms with Crippen molar-refractivity contribution < 1.29 is 4.79 Å². The number of nitrogens with zero attached hydrogens (tertiary/aromatic N) is 5. The predicted molar refractivity (Wildman–Crippen MR) is 138 cm³/mol. The summed E-state index contributed by atoms with van der Waals surface area (Å²) in [6, 6.07) is 10.2. The van der Waals surface area contributed by atoms with Gasteiger partial charge in [0.15, 0.2) is 5.82 Å². The third kappa shape index (κ3) is 3.60. The maximum Gasteiger partial charge on any atom is 0.224 e. The van der Waals surface area contributed by atoms with E-state index in [1.54, 1.807) is 11.8 Å². The number of pyridine rings is 1. The van der Waals surface area contributed by atoms with Crippen LogP contribution in [0.4, 0.5) is 11.5 Å². The molecule has 0 unspecified atom stereocenters. The van der Waals surface area contributed by atoms with Crippen molar-refractivity contribution >= 4 is 35.0 Å². The number of fused-ring (bicyclic) bond motifs is 3. The molecule has 1 aromatic carbocycles. The van der Waals surface area contributed by atoms with Gasteiger partial charge in [0.05, 0.1) is 18.3 Å². The van der Waals surface area contributed by atoms with E-state index in [0.29, 0.717) is 12.8 Å². The largest absolute Gasteiger partial charge is 0.360 e. The van der Waals surface area contributed by atoms with Crippen LogP contribution in [0.25, 0.3) is 0 Å². The van der Waals surface area contributed by atoms with Crippen LogP contribution in [0.1, 0.15) is 47.8 Å². The van der Waals surface area contributed by atoms with Gasteiger partial charge in [0.2, 0.25) is 5.91 Å². The van der Waals surface area contributed by atoms with E-state index in [2.05, 4.69) is 32.3 Å². The van der Waals surface area contributed by atoms with Crippen molar-refractivity contribution in [3.63, 3.8) is 0 Å². The average molecular weight is 498 g/mol. The monoisotopic (exact) mass is 497 g/mol. The summed E-state index contributed by atoms with van der Waals surface area (Å²) in [4.78, 5) is 34.3. The van der Waals surface area contributed by atoms with Crippen LogP contribution in [0.15, 0.2) is 57.6 Å². The van der Waals surface area contributed by atoms with E-state index in [-0.39, 0.29) is 17.4 Å². The van der Waals surface area contributed by atoms with Gasteiger partial charge in [0.1, 0.15) is 10.9 Å². The smallest absolute Gasteiger partial charge is 0.224 e. The van der Waals surface area contributed by atoms with Crippen LogP contribution < -0.4 is 11.1 Å². The van der Waals surface area contributed by atoms with Crippen LogP contribution >= 0.6 is 11.8 Å². The molecule has 0 bridgehead atoms. The first kappa shape index (κ1) is 21.9. The zero-order chi connectivity index (χ0) is 24.3. The minimum absolute atomic E-state index is 0.0611. The fourth-order valence-electron chi connectivity index (χ4n) is 6.11. The number of hydrogen-bond acceptors (Lipinski definition) is 8. The topological polar surface area (TPSA) is 109 Å². The fourth-order valence-corrected chi connectivity index (χ4v) is 7.08. The molecule has 36 heavy (non-hydrogen) atoms. The molecule has 8 nitrogen and oxygen atoms in total. The van der Waals surface area contributed by atoms with Crippen LogP contribution in [0.5, 0.6) is 0 Å². The molecule has 1 amide bonds. The summed E-state index contributed by atoms with van der Waals surface area (Å²) in [6.45, 7) is 1.88. The van der Waals surface area contributed by atoms with Gasteiger partial charge >= 0.3 is 0 Å². The van der Waals surface area contributed by atoms with Crippen molar-refractivity contribution in [2.75, 3.05) is 18.4 Å². The van der Waals surface area contributed by atoms with Crippen molar-refractivity contribution in [2.24, 2.45) is 16.1 Å². The first-order valence-corrected chi connectivity index (χ1v) is 13.4. The minimum atomic E-state index is 0.0611. The first-order chi connectivity index (χ1) is 17.6. The van der Waals surface area contributed by atoms with Crippen LogP contribution in [0.3, 0.4) is 0 Å². The highest BCUT2D eigenvalue weighted by atomic mass is 32.2. The molecule has 0 radical (unpaired) electrons.